The van der Waals surface area contributed by atoms with Crippen molar-refractivity contribution in [2.45, 2.75) is 18.9 Å². The Kier molecular flexibility index (Phi) is 3.06. The van der Waals surface area contributed by atoms with Gasteiger partial charge in [0.15, 0.2) is 0 Å². The van der Waals surface area contributed by atoms with Gasteiger partial charge < -0.3 is 15.2 Å². The van der Waals surface area contributed by atoms with Gasteiger partial charge >= 0.3 is 5.69 Å². The fourth-order valence-corrected chi connectivity index (χ4v) is 2.15. The van der Waals surface area contributed by atoms with E-state index in [0.29, 0.717) is 5.69 Å². The highest BCUT2D eigenvalue weighted by molar-refractivity contribution is 5.42. The number of nitrogens with zero attached hydrogens (tertiary/aromatic N) is 3. The van der Waals surface area contributed by atoms with Crippen LogP contribution in [0.3, 0.4) is 0 Å². The molecule has 1 aromatic rings. The van der Waals surface area contributed by atoms with Crippen LogP contribution in [0.5, 0.6) is 0 Å². The average molecular weight is 238 g/mol. The molecule has 1 aliphatic heterocycles. The van der Waals surface area contributed by atoms with Gasteiger partial charge in [-0.05, 0) is 12.8 Å². The van der Waals surface area contributed by atoms with Crippen LogP contribution in [-0.4, -0.2) is 28.3 Å². The van der Waals surface area contributed by atoms with Gasteiger partial charge in [-0.1, -0.05) is 0 Å². The lowest BCUT2D eigenvalue weighted by molar-refractivity contribution is 0.497. The number of aryl methyl sites for hydroxylation is 1. The van der Waals surface area contributed by atoms with E-state index in [2.05, 4.69) is 0 Å². The van der Waals surface area contributed by atoms with Crippen molar-refractivity contribution in [1.29, 1.82) is 0 Å². The lowest BCUT2D eigenvalue weighted by atomic mass is 10.1. The van der Waals surface area contributed by atoms with Crippen molar-refractivity contribution in [3.05, 3.63) is 27.0 Å². The number of hydrogen-bond acceptors (Lipinski definition) is 4. The van der Waals surface area contributed by atoms with Crippen LogP contribution < -0.4 is 21.9 Å². The fraction of sp³-hybridized carbons (Fsp3) is 0.636. The zero-order chi connectivity index (χ0) is 12.6. The Hall–Kier alpha value is -1.56. The first kappa shape index (κ1) is 11.9. The summed E-state index contributed by atoms with van der Waals surface area (Å²) in [6.07, 6.45) is 3.37. The first-order chi connectivity index (χ1) is 8.00. The van der Waals surface area contributed by atoms with E-state index in [0.717, 1.165) is 30.5 Å². The normalized spacial score (nSPS) is 17.5. The molecule has 1 fully saturated rings. The van der Waals surface area contributed by atoms with Crippen molar-refractivity contribution in [1.82, 2.24) is 9.13 Å². The molecule has 6 heteroatoms. The minimum atomic E-state index is -0.299. The van der Waals surface area contributed by atoms with Crippen LogP contribution in [-0.2, 0) is 14.1 Å². The van der Waals surface area contributed by atoms with Crippen LogP contribution in [0.25, 0.3) is 0 Å². The number of nitrogens with two attached hydrogens (primary N) is 1. The van der Waals surface area contributed by atoms with Crippen LogP contribution in [0.15, 0.2) is 15.8 Å². The summed E-state index contributed by atoms with van der Waals surface area (Å²) in [7, 11) is 3.16. The zero-order valence-corrected chi connectivity index (χ0v) is 10.2. The summed E-state index contributed by atoms with van der Waals surface area (Å²) in [6.45, 7) is 1.54. The van der Waals surface area contributed by atoms with Gasteiger partial charge in [-0.25, -0.2) is 4.79 Å². The van der Waals surface area contributed by atoms with Crippen molar-refractivity contribution in [2.75, 3.05) is 18.0 Å². The summed E-state index contributed by atoms with van der Waals surface area (Å²) in [4.78, 5) is 25.6. The highest BCUT2D eigenvalue weighted by atomic mass is 16.2. The quantitative estimate of drug-likeness (QED) is 0.682. The summed E-state index contributed by atoms with van der Waals surface area (Å²) < 4.78 is 2.58. The smallest absolute Gasteiger partial charge is 0.330 e. The van der Waals surface area contributed by atoms with Gasteiger partial charge in [0, 0.05) is 39.4 Å². The number of rotatable bonds is 1. The molecule has 6 nitrogen and oxygen atoms in total. The monoisotopic (exact) mass is 238 g/mol. The molecule has 0 amide bonds. The third-order valence-electron chi connectivity index (χ3n) is 3.31. The Labute approximate surface area is 99.3 Å². The van der Waals surface area contributed by atoms with E-state index < -0.39 is 0 Å². The first-order valence-corrected chi connectivity index (χ1v) is 5.78. The number of hydrogen-bond donors (Lipinski definition) is 1. The second-order valence-electron chi connectivity index (χ2n) is 4.60. The third-order valence-corrected chi connectivity index (χ3v) is 3.31. The summed E-state index contributed by atoms with van der Waals surface area (Å²) in [5.41, 5.74) is 5.89. The molecular formula is C11H18N4O2. The Morgan fingerprint density at radius 1 is 1.24 bits per heavy atom. The Balaban J connectivity index is 2.40. The molecule has 2 heterocycles. The van der Waals surface area contributed by atoms with E-state index in [4.69, 9.17) is 5.73 Å². The zero-order valence-electron chi connectivity index (χ0n) is 10.2. The maximum Gasteiger partial charge on any atom is 0.330 e. The lowest BCUT2D eigenvalue weighted by Gasteiger charge is -2.31. The number of piperidine rings is 1. The first-order valence-electron chi connectivity index (χ1n) is 5.78. The van der Waals surface area contributed by atoms with Crippen molar-refractivity contribution in [3.8, 4) is 0 Å². The van der Waals surface area contributed by atoms with Gasteiger partial charge in [0.2, 0.25) is 0 Å². The van der Waals surface area contributed by atoms with E-state index in [9.17, 15) is 9.59 Å². The molecule has 0 bridgehead atoms. The second kappa shape index (κ2) is 4.37. The standard InChI is InChI=1S/C11H18N4O2/c1-13-7-9(10(16)14(2)11(13)17)15-5-3-8(12)4-6-15/h7-8H,3-6,12H2,1-2H3. The number of aromatic nitrogens is 2. The van der Waals surface area contributed by atoms with E-state index in [-0.39, 0.29) is 17.3 Å². The maximum absolute atomic E-state index is 12.0. The summed E-state index contributed by atoms with van der Waals surface area (Å²) in [5.74, 6) is 0. The van der Waals surface area contributed by atoms with Gasteiger partial charge in [-0.3, -0.25) is 9.36 Å². The molecule has 2 N–H and O–H groups in total. The van der Waals surface area contributed by atoms with Gasteiger partial charge in [-0.15, -0.1) is 0 Å². The Bertz CT molecular complexity index is 523. The molecule has 0 radical (unpaired) electrons. The van der Waals surface area contributed by atoms with Crippen LogP contribution in [0.1, 0.15) is 12.8 Å². The van der Waals surface area contributed by atoms with Crippen LogP contribution in [0, 0.1) is 0 Å². The highest BCUT2D eigenvalue weighted by Crippen LogP contribution is 2.14. The summed E-state index contributed by atoms with van der Waals surface area (Å²) in [5, 5.41) is 0. The molecule has 0 aliphatic carbocycles. The SMILES string of the molecule is Cn1cc(N2CCC(N)CC2)c(=O)n(C)c1=O. The van der Waals surface area contributed by atoms with Crippen molar-refractivity contribution < 1.29 is 0 Å². The van der Waals surface area contributed by atoms with E-state index in [1.54, 1.807) is 13.2 Å². The summed E-state index contributed by atoms with van der Waals surface area (Å²) >= 11 is 0. The largest absolute Gasteiger partial charge is 0.366 e. The van der Waals surface area contributed by atoms with E-state index >= 15 is 0 Å². The van der Waals surface area contributed by atoms with Gasteiger partial charge in [0.1, 0.15) is 5.69 Å². The van der Waals surface area contributed by atoms with Gasteiger partial charge in [0.05, 0.1) is 0 Å². The van der Waals surface area contributed by atoms with Crippen LogP contribution in [0.4, 0.5) is 5.69 Å². The summed E-state index contributed by atoms with van der Waals surface area (Å²) in [6, 6.07) is 0.225. The topological polar surface area (TPSA) is 73.3 Å². The third kappa shape index (κ3) is 2.12. The molecule has 0 aromatic carbocycles. The number of anilines is 1. The van der Waals surface area contributed by atoms with Crippen molar-refractivity contribution in [3.63, 3.8) is 0 Å². The predicted molar refractivity (Wildman–Crippen MR) is 66.3 cm³/mol. The molecule has 1 aliphatic rings. The minimum absolute atomic E-state index is 0.225. The van der Waals surface area contributed by atoms with Crippen molar-refractivity contribution >= 4 is 5.69 Å². The highest BCUT2D eigenvalue weighted by Gasteiger charge is 2.19. The van der Waals surface area contributed by atoms with Crippen LogP contribution in [0.2, 0.25) is 0 Å². The molecule has 17 heavy (non-hydrogen) atoms. The molecule has 0 saturated carbocycles. The second-order valence-corrected chi connectivity index (χ2v) is 4.60. The molecule has 94 valence electrons. The fourth-order valence-electron chi connectivity index (χ4n) is 2.15. The molecule has 1 saturated heterocycles. The molecule has 0 unspecified atom stereocenters. The van der Waals surface area contributed by atoms with Crippen molar-refractivity contribution in [2.24, 2.45) is 19.8 Å². The van der Waals surface area contributed by atoms with Gasteiger partial charge in [-0.2, -0.15) is 0 Å². The Morgan fingerprint density at radius 2 is 1.82 bits per heavy atom. The van der Waals surface area contributed by atoms with E-state index in [1.807, 2.05) is 4.90 Å². The van der Waals surface area contributed by atoms with Gasteiger partial charge in [0.25, 0.3) is 5.56 Å². The lowest BCUT2D eigenvalue weighted by Crippen LogP contribution is -2.45. The molecule has 0 spiro atoms. The van der Waals surface area contributed by atoms with Crippen LogP contribution >= 0.6 is 0 Å². The minimum Gasteiger partial charge on any atom is -0.366 e. The Morgan fingerprint density at radius 3 is 2.41 bits per heavy atom. The molecule has 2 rings (SSSR count). The maximum atomic E-state index is 12.0. The molecule has 0 atom stereocenters. The molecular weight excluding hydrogens is 220 g/mol. The van der Waals surface area contributed by atoms with E-state index in [1.165, 1.54) is 11.6 Å². The predicted octanol–water partition coefficient (Wildman–Crippen LogP) is -0.988. The average Bonchev–Trinajstić information content (AvgIpc) is 2.32. The molecule has 1 aromatic heterocycles.